The quantitative estimate of drug-likeness (QED) is 0.880. The number of nitrogens with one attached hydrogen (secondary N) is 1. The standard InChI is InChI=1S/C16H22N4O2S2/c1-3-19-8-10-20(11-9-19)15-6-5-14(12-17-15)18-24(21,22)16-7-4-13(2)23-16/h4-7,12,18H,3,8-11H2,1-2H3. The third-order valence-electron chi connectivity index (χ3n) is 4.12. The van der Waals surface area contributed by atoms with Crippen molar-refractivity contribution in [3.8, 4) is 0 Å². The van der Waals surface area contributed by atoms with Crippen LogP contribution in [-0.4, -0.2) is 51.0 Å². The molecule has 1 N–H and O–H groups in total. The van der Waals surface area contributed by atoms with Crippen LogP contribution in [-0.2, 0) is 10.0 Å². The van der Waals surface area contributed by atoms with Gasteiger partial charge in [-0.2, -0.15) is 0 Å². The van der Waals surface area contributed by atoms with Gasteiger partial charge in [-0.05, 0) is 37.7 Å². The van der Waals surface area contributed by atoms with Gasteiger partial charge in [0.25, 0.3) is 10.0 Å². The van der Waals surface area contributed by atoms with Crippen LogP contribution in [0.25, 0.3) is 0 Å². The van der Waals surface area contributed by atoms with Crippen molar-refractivity contribution in [1.29, 1.82) is 0 Å². The van der Waals surface area contributed by atoms with Gasteiger partial charge >= 0.3 is 0 Å². The molecule has 0 amide bonds. The maximum Gasteiger partial charge on any atom is 0.271 e. The van der Waals surface area contributed by atoms with E-state index in [0.29, 0.717) is 9.90 Å². The molecule has 2 aromatic heterocycles. The number of hydrogen-bond acceptors (Lipinski definition) is 6. The smallest absolute Gasteiger partial charge is 0.271 e. The van der Waals surface area contributed by atoms with Gasteiger partial charge in [-0.25, -0.2) is 13.4 Å². The first kappa shape index (κ1) is 17.2. The maximum atomic E-state index is 12.3. The lowest BCUT2D eigenvalue weighted by Gasteiger charge is -2.34. The van der Waals surface area contributed by atoms with Gasteiger partial charge in [0.2, 0.25) is 0 Å². The molecule has 0 radical (unpaired) electrons. The Bertz CT molecular complexity index is 779. The molecule has 0 atom stereocenters. The predicted molar refractivity (Wildman–Crippen MR) is 98.4 cm³/mol. The lowest BCUT2D eigenvalue weighted by molar-refractivity contribution is 0.270. The van der Waals surface area contributed by atoms with Crippen LogP contribution < -0.4 is 9.62 Å². The molecule has 1 aliphatic rings. The molecular weight excluding hydrogens is 344 g/mol. The summed E-state index contributed by atoms with van der Waals surface area (Å²) in [6, 6.07) is 7.07. The lowest BCUT2D eigenvalue weighted by atomic mass is 10.3. The Balaban J connectivity index is 1.67. The highest BCUT2D eigenvalue weighted by Gasteiger charge is 2.18. The van der Waals surface area contributed by atoms with Crippen LogP contribution in [0, 0.1) is 6.92 Å². The fourth-order valence-electron chi connectivity index (χ4n) is 2.69. The Hall–Kier alpha value is -1.64. The normalized spacial score (nSPS) is 16.3. The molecule has 1 aliphatic heterocycles. The van der Waals surface area contributed by atoms with Gasteiger partial charge in [-0.3, -0.25) is 4.72 Å². The van der Waals surface area contributed by atoms with E-state index in [0.717, 1.165) is 43.4 Å². The van der Waals surface area contributed by atoms with Crippen molar-refractivity contribution in [2.75, 3.05) is 42.3 Å². The third-order valence-corrected chi connectivity index (χ3v) is 7.00. The number of aryl methyl sites for hydroxylation is 1. The van der Waals surface area contributed by atoms with Crippen LogP contribution in [0.2, 0.25) is 0 Å². The van der Waals surface area contributed by atoms with Crippen molar-refractivity contribution in [2.24, 2.45) is 0 Å². The molecule has 1 fully saturated rings. The van der Waals surface area contributed by atoms with Crippen LogP contribution >= 0.6 is 11.3 Å². The zero-order chi connectivity index (χ0) is 17.2. The Morgan fingerprint density at radius 3 is 2.46 bits per heavy atom. The first-order valence-corrected chi connectivity index (χ1v) is 10.3. The molecule has 0 saturated carbocycles. The number of piperazine rings is 1. The number of hydrogen-bond donors (Lipinski definition) is 1. The number of nitrogens with zero attached hydrogens (tertiary/aromatic N) is 3. The molecular formula is C16H22N4O2S2. The fraction of sp³-hybridized carbons (Fsp3) is 0.438. The Morgan fingerprint density at radius 1 is 1.17 bits per heavy atom. The average Bonchev–Trinajstić information content (AvgIpc) is 3.03. The minimum atomic E-state index is -3.53. The molecule has 0 aliphatic carbocycles. The molecule has 6 nitrogen and oxygen atoms in total. The van der Waals surface area contributed by atoms with E-state index in [1.54, 1.807) is 24.4 Å². The zero-order valence-electron chi connectivity index (χ0n) is 13.9. The van der Waals surface area contributed by atoms with Crippen LogP contribution in [0.1, 0.15) is 11.8 Å². The summed E-state index contributed by atoms with van der Waals surface area (Å²) in [5, 5.41) is 0. The summed E-state index contributed by atoms with van der Waals surface area (Å²) in [5.41, 5.74) is 0.483. The molecule has 2 aromatic rings. The zero-order valence-corrected chi connectivity index (χ0v) is 15.5. The number of sulfonamides is 1. The van der Waals surface area contributed by atoms with Crippen LogP contribution in [0.3, 0.4) is 0 Å². The Morgan fingerprint density at radius 2 is 1.92 bits per heavy atom. The largest absolute Gasteiger partial charge is 0.354 e. The van der Waals surface area contributed by atoms with Gasteiger partial charge in [-0.15, -0.1) is 11.3 Å². The third kappa shape index (κ3) is 3.88. The number of likely N-dealkylation sites (N-methyl/N-ethyl adjacent to an activating group) is 1. The number of pyridine rings is 1. The fourth-order valence-corrected chi connectivity index (χ4v) is 5.02. The highest BCUT2D eigenvalue weighted by atomic mass is 32.2. The van der Waals surface area contributed by atoms with Gasteiger partial charge in [-0.1, -0.05) is 6.92 Å². The molecule has 0 unspecified atom stereocenters. The number of aromatic nitrogens is 1. The second kappa shape index (κ2) is 7.08. The van der Waals surface area contributed by atoms with Gasteiger partial charge in [0, 0.05) is 31.1 Å². The van der Waals surface area contributed by atoms with Gasteiger partial charge in [0.15, 0.2) is 0 Å². The highest BCUT2D eigenvalue weighted by Crippen LogP contribution is 2.24. The van der Waals surface area contributed by atoms with E-state index in [2.05, 4.69) is 26.4 Å². The number of rotatable bonds is 5. The first-order chi connectivity index (χ1) is 11.5. The minimum Gasteiger partial charge on any atom is -0.354 e. The number of thiophene rings is 1. The molecule has 3 heterocycles. The van der Waals surface area contributed by atoms with Gasteiger partial charge in [0.1, 0.15) is 10.0 Å². The first-order valence-electron chi connectivity index (χ1n) is 8.00. The van der Waals surface area contributed by atoms with E-state index < -0.39 is 10.0 Å². The van der Waals surface area contributed by atoms with Crippen LogP contribution in [0.15, 0.2) is 34.7 Å². The van der Waals surface area contributed by atoms with E-state index in [9.17, 15) is 8.42 Å². The maximum absolute atomic E-state index is 12.3. The van der Waals surface area contributed by atoms with Gasteiger partial charge < -0.3 is 9.80 Å². The summed E-state index contributed by atoms with van der Waals surface area (Å²) in [6.45, 7) is 9.09. The average molecular weight is 367 g/mol. The van der Waals surface area contributed by atoms with Gasteiger partial charge in [0.05, 0.1) is 11.9 Å². The molecule has 0 bridgehead atoms. The topological polar surface area (TPSA) is 65.5 Å². The van der Waals surface area contributed by atoms with Crippen molar-refractivity contribution in [1.82, 2.24) is 9.88 Å². The van der Waals surface area contributed by atoms with Crippen molar-refractivity contribution in [3.63, 3.8) is 0 Å². The van der Waals surface area contributed by atoms with E-state index in [-0.39, 0.29) is 0 Å². The molecule has 24 heavy (non-hydrogen) atoms. The molecule has 8 heteroatoms. The lowest BCUT2D eigenvalue weighted by Crippen LogP contribution is -2.46. The summed E-state index contributed by atoms with van der Waals surface area (Å²) in [7, 11) is -3.53. The Kier molecular flexibility index (Phi) is 5.07. The van der Waals surface area contributed by atoms with Crippen molar-refractivity contribution in [3.05, 3.63) is 35.3 Å². The van der Waals surface area contributed by atoms with E-state index >= 15 is 0 Å². The van der Waals surface area contributed by atoms with Crippen LogP contribution in [0.4, 0.5) is 11.5 Å². The van der Waals surface area contributed by atoms with Crippen molar-refractivity contribution < 1.29 is 8.42 Å². The molecule has 0 aromatic carbocycles. The second-order valence-electron chi connectivity index (χ2n) is 5.80. The predicted octanol–water partition coefficient (Wildman–Crippen LogP) is 2.39. The molecule has 130 valence electrons. The number of anilines is 2. The summed E-state index contributed by atoms with van der Waals surface area (Å²) >= 11 is 1.26. The molecule has 3 rings (SSSR count). The van der Waals surface area contributed by atoms with Crippen molar-refractivity contribution >= 4 is 32.9 Å². The van der Waals surface area contributed by atoms with E-state index in [1.807, 2.05) is 13.0 Å². The van der Waals surface area contributed by atoms with E-state index in [4.69, 9.17) is 0 Å². The monoisotopic (exact) mass is 366 g/mol. The molecule has 1 saturated heterocycles. The van der Waals surface area contributed by atoms with Crippen LogP contribution in [0.5, 0.6) is 0 Å². The highest BCUT2D eigenvalue weighted by molar-refractivity contribution is 7.94. The summed E-state index contributed by atoms with van der Waals surface area (Å²) in [6.07, 6.45) is 1.58. The second-order valence-corrected chi connectivity index (χ2v) is 8.99. The Labute approximate surface area is 147 Å². The van der Waals surface area contributed by atoms with E-state index in [1.165, 1.54) is 11.3 Å². The SMILES string of the molecule is CCN1CCN(c2ccc(NS(=O)(=O)c3ccc(C)s3)cn2)CC1. The van der Waals surface area contributed by atoms with Crippen molar-refractivity contribution in [2.45, 2.75) is 18.1 Å². The summed E-state index contributed by atoms with van der Waals surface area (Å²) < 4.78 is 27.6. The minimum absolute atomic E-state index is 0.319. The summed E-state index contributed by atoms with van der Waals surface area (Å²) in [4.78, 5) is 10.0. The summed E-state index contributed by atoms with van der Waals surface area (Å²) in [5.74, 6) is 0.890. The molecule has 0 spiro atoms.